The molecular formula is C12H16O3. The molecule has 1 atom stereocenters. The van der Waals surface area contributed by atoms with Gasteiger partial charge in [-0.05, 0) is 31.0 Å². The molecule has 0 bridgehead atoms. The van der Waals surface area contributed by atoms with Gasteiger partial charge in [0.2, 0.25) is 0 Å². The number of hydrogen-bond acceptors (Lipinski definition) is 3. The van der Waals surface area contributed by atoms with Crippen molar-refractivity contribution >= 4 is 5.97 Å². The molecule has 0 unspecified atom stereocenters. The summed E-state index contributed by atoms with van der Waals surface area (Å²) in [5.41, 5.74) is 1.10. The van der Waals surface area contributed by atoms with Crippen LogP contribution in [0.4, 0.5) is 0 Å². The third-order valence-electron chi connectivity index (χ3n) is 2.10. The molecule has 0 fully saturated rings. The van der Waals surface area contributed by atoms with Gasteiger partial charge in [0.25, 0.3) is 0 Å². The van der Waals surface area contributed by atoms with Crippen LogP contribution < -0.4 is 4.74 Å². The van der Waals surface area contributed by atoms with Crippen LogP contribution >= 0.6 is 0 Å². The lowest BCUT2D eigenvalue weighted by Crippen LogP contribution is -2.27. The zero-order valence-corrected chi connectivity index (χ0v) is 9.32. The minimum atomic E-state index is -0.517. The smallest absolute Gasteiger partial charge is 0.347 e. The monoisotopic (exact) mass is 208 g/mol. The van der Waals surface area contributed by atoms with E-state index in [1.807, 2.05) is 38.1 Å². The topological polar surface area (TPSA) is 35.5 Å². The van der Waals surface area contributed by atoms with Gasteiger partial charge in [-0.15, -0.1) is 0 Å². The van der Waals surface area contributed by atoms with Gasteiger partial charge in [0.15, 0.2) is 6.10 Å². The molecule has 3 nitrogen and oxygen atoms in total. The standard InChI is InChI=1S/C12H16O3/c1-4-11(12(13)14-3)15-10-7-5-6-9(2)8-10/h5-8,11H,4H2,1-3H3/t11-/m0/s1. The summed E-state index contributed by atoms with van der Waals surface area (Å²) in [4.78, 5) is 11.3. The first kappa shape index (κ1) is 11.6. The van der Waals surface area contributed by atoms with Crippen molar-refractivity contribution in [3.8, 4) is 5.75 Å². The Hall–Kier alpha value is -1.51. The number of aryl methyl sites for hydroxylation is 1. The van der Waals surface area contributed by atoms with Gasteiger partial charge in [-0.3, -0.25) is 0 Å². The first-order chi connectivity index (χ1) is 7.17. The molecule has 0 aliphatic heterocycles. The highest BCUT2D eigenvalue weighted by Gasteiger charge is 2.18. The number of esters is 1. The van der Waals surface area contributed by atoms with Crippen molar-refractivity contribution in [3.63, 3.8) is 0 Å². The summed E-state index contributed by atoms with van der Waals surface area (Å²) in [6, 6.07) is 7.60. The summed E-state index contributed by atoms with van der Waals surface area (Å²) in [7, 11) is 1.37. The van der Waals surface area contributed by atoms with Crippen molar-refractivity contribution in [2.24, 2.45) is 0 Å². The molecule has 0 saturated carbocycles. The molecule has 82 valence electrons. The van der Waals surface area contributed by atoms with E-state index in [-0.39, 0.29) is 5.97 Å². The van der Waals surface area contributed by atoms with E-state index in [9.17, 15) is 4.79 Å². The number of carbonyl (C=O) groups excluding carboxylic acids is 1. The summed E-state index contributed by atoms with van der Waals surface area (Å²) in [5.74, 6) is 0.367. The molecule has 1 aromatic rings. The van der Waals surface area contributed by atoms with Crippen LogP contribution in [0, 0.1) is 6.92 Å². The average Bonchev–Trinajstić information content (AvgIpc) is 2.25. The van der Waals surface area contributed by atoms with Crippen LogP contribution in [0.15, 0.2) is 24.3 Å². The van der Waals surface area contributed by atoms with Gasteiger partial charge in [0.1, 0.15) is 5.75 Å². The van der Waals surface area contributed by atoms with E-state index in [2.05, 4.69) is 4.74 Å². The summed E-state index contributed by atoms with van der Waals surface area (Å²) >= 11 is 0. The third kappa shape index (κ3) is 3.27. The van der Waals surface area contributed by atoms with Crippen molar-refractivity contribution in [2.75, 3.05) is 7.11 Å². The first-order valence-electron chi connectivity index (χ1n) is 4.98. The maximum atomic E-state index is 11.3. The zero-order chi connectivity index (χ0) is 11.3. The van der Waals surface area contributed by atoms with Crippen molar-refractivity contribution in [2.45, 2.75) is 26.4 Å². The second kappa shape index (κ2) is 5.39. The molecule has 15 heavy (non-hydrogen) atoms. The normalized spacial score (nSPS) is 11.9. The number of methoxy groups -OCH3 is 1. The largest absolute Gasteiger partial charge is 0.479 e. The predicted molar refractivity (Wildman–Crippen MR) is 57.9 cm³/mol. The molecular weight excluding hydrogens is 192 g/mol. The fraction of sp³-hybridized carbons (Fsp3) is 0.417. The molecule has 0 aliphatic carbocycles. The second-order valence-electron chi connectivity index (χ2n) is 3.35. The van der Waals surface area contributed by atoms with E-state index in [1.54, 1.807) is 0 Å². The minimum Gasteiger partial charge on any atom is -0.479 e. The highest BCUT2D eigenvalue weighted by atomic mass is 16.6. The molecule has 0 radical (unpaired) electrons. The molecule has 0 amide bonds. The van der Waals surface area contributed by atoms with Gasteiger partial charge in [0, 0.05) is 0 Å². The maximum Gasteiger partial charge on any atom is 0.347 e. The predicted octanol–water partition coefficient (Wildman–Crippen LogP) is 2.33. The number of ether oxygens (including phenoxy) is 2. The van der Waals surface area contributed by atoms with Gasteiger partial charge in [-0.25, -0.2) is 4.79 Å². The second-order valence-corrected chi connectivity index (χ2v) is 3.35. The molecule has 0 aromatic heterocycles. The molecule has 0 aliphatic rings. The Morgan fingerprint density at radius 1 is 1.47 bits per heavy atom. The van der Waals surface area contributed by atoms with Crippen LogP contribution in [-0.4, -0.2) is 19.2 Å². The lowest BCUT2D eigenvalue weighted by molar-refractivity contribution is -0.148. The fourth-order valence-corrected chi connectivity index (χ4v) is 1.28. The highest BCUT2D eigenvalue weighted by molar-refractivity contribution is 5.74. The summed E-state index contributed by atoms with van der Waals surface area (Å²) < 4.78 is 10.2. The van der Waals surface area contributed by atoms with E-state index < -0.39 is 6.10 Å². The lowest BCUT2D eigenvalue weighted by Gasteiger charge is -2.15. The average molecular weight is 208 g/mol. The minimum absolute atomic E-state index is 0.334. The number of benzene rings is 1. The van der Waals surface area contributed by atoms with E-state index in [4.69, 9.17) is 4.74 Å². The third-order valence-corrected chi connectivity index (χ3v) is 2.10. The Bertz CT molecular complexity index is 333. The SMILES string of the molecule is CC[C@H](Oc1cccc(C)c1)C(=O)OC. The number of rotatable bonds is 4. The number of carbonyl (C=O) groups is 1. The van der Waals surface area contributed by atoms with Crippen LogP contribution in [0.1, 0.15) is 18.9 Å². The van der Waals surface area contributed by atoms with Crippen molar-refractivity contribution in [1.29, 1.82) is 0 Å². The lowest BCUT2D eigenvalue weighted by atomic mass is 10.2. The van der Waals surface area contributed by atoms with Crippen molar-refractivity contribution in [3.05, 3.63) is 29.8 Å². The van der Waals surface area contributed by atoms with Gasteiger partial charge < -0.3 is 9.47 Å². The quantitative estimate of drug-likeness (QED) is 0.712. The molecule has 1 rings (SSSR count). The Balaban J connectivity index is 2.70. The van der Waals surface area contributed by atoms with Gasteiger partial charge in [-0.2, -0.15) is 0 Å². The van der Waals surface area contributed by atoms with Crippen molar-refractivity contribution < 1.29 is 14.3 Å². The molecule has 0 saturated heterocycles. The summed E-state index contributed by atoms with van der Waals surface area (Å²) in [6.45, 7) is 3.86. The molecule has 3 heteroatoms. The van der Waals surface area contributed by atoms with Gasteiger partial charge >= 0.3 is 5.97 Å². The van der Waals surface area contributed by atoms with Crippen LogP contribution in [-0.2, 0) is 9.53 Å². The van der Waals surface area contributed by atoms with Gasteiger partial charge in [-0.1, -0.05) is 19.1 Å². The van der Waals surface area contributed by atoms with Crippen LogP contribution in [0.25, 0.3) is 0 Å². The number of hydrogen-bond donors (Lipinski definition) is 0. The Labute approximate surface area is 90.0 Å². The summed E-state index contributed by atoms with van der Waals surface area (Å²) in [5, 5.41) is 0. The van der Waals surface area contributed by atoms with E-state index in [0.717, 1.165) is 5.56 Å². The van der Waals surface area contributed by atoms with E-state index in [1.165, 1.54) is 7.11 Å². The Kier molecular flexibility index (Phi) is 4.16. The van der Waals surface area contributed by atoms with Crippen LogP contribution in [0.3, 0.4) is 0 Å². The summed E-state index contributed by atoms with van der Waals surface area (Å²) in [6.07, 6.45) is 0.0810. The molecule has 0 heterocycles. The van der Waals surface area contributed by atoms with Gasteiger partial charge in [0.05, 0.1) is 7.11 Å². The van der Waals surface area contributed by atoms with Crippen LogP contribution in [0.2, 0.25) is 0 Å². The molecule has 0 spiro atoms. The fourth-order valence-electron chi connectivity index (χ4n) is 1.28. The van der Waals surface area contributed by atoms with E-state index >= 15 is 0 Å². The van der Waals surface area contributed by atoms with E-state index in [0.29, 0.717) is 12.2 Å². The Morgan fingerprint density at radius 3 is 2.73 bits per heavy atom. The van der Waals surface area contributed by atoms with Crippen molar-refractivity contribution in [1.82, 2.24) is 0 Å². The molecule has 1 aromatic carbocycles. The Morgan fingerprint density at radius 2 is 2.20 bits per heavy atom. The first-order valence-corrected chi connectivity index (χ1v) is 4.98. The zero-order valence-electron chi connectivity index (χ0n) is 9.32. The molecule has 0 N–H and O–H groups in total. The van der Waals surface area contributed by atoms with Crippen LogP contribution in [0.5, 0.6) is 5.75 Å². The highest BCUT2D eigenvalue weighted by Crippen LogP contribution is 2.15. The maximum absolute atomic E-state index is 11.3.